The van der Waals surface area contributed by atoms with Crippen LogP contribution in [0.5, 0.6) is 0 Å². The van der Waals surface area contributed by atoms with Crippen molar-refractivity contribution in [2.45, 2.75) is 176 Å². The fourth-order valence-electron chi connectivity index (χ4n) is 9.55. The summed E-state index contributed by atoms with van der Waals surface area (Å²) in [5.41, 5.74) is 7.98. The van der Waals surface area contributed by atoms with Gasteiger partial charge in [0.05, 0.1) is 0 Å². The second-order valence-electron chi connectivity index (χ2n) is 16.9. The third-order valence-electron chi connectivity index (χ3n) is 12.9. The number of allylic oxidation sites excluding steroid dienone is 1. The highest BCUT2D eigenvalue weighted by Crippen LogP contribution is 2.59. The largest absolute Gasteiger partial charge is 0.330 e. The zero-order valence-electron chi connectivity index (χ0n) is 33.5. The minimum Gasteiger partial charge on any atom is -0.330 e. The van der Waals surface area contributed by atoms with E-state index in [-0.39, 0.29) is 0 Å². The molecule has 1 nitrogen and oxygen atoms in total. The smallest absolute Gasteiger partial charge is 0.00460 e. The maximum Gasteiger partial charge on any atom is -0.00460 e. The molecule has 43 heavy (non-hydrogen) atoms. The lowest BCUT2D eigenvalue weighted by Crippen LogP contribution is -2.50. The van der Waals surface area contributed by atoms with Gasteiger partial charge in [0.15, 0.2) is 0 Å². The van der Waals surface area contributed by atoms with Gasteiger partial charge in [-0.15, -0.1) is 0 Å². The summed E-state index contributed by atoms with van der Waals surface area (Å²) in [6.07, 6.45) is 10.5. The van der Waals surface area contributed by atoms with Gasteiger partial charge >= 0.3 is 0 Å². The number of hydrogen-bond donors (Lipinski definition) is 1. The molecule has 1 saturated carbocycles. The van der Waals surface area contributed by atoms with Gasteiger partial charge in [-0.05, 0) is 109 Å². The quantitative estimate of drug-likeness (QED) is 0.185. The molecule has 0 aliphatic heterocycles. The molecule has 0 bridgehead atoms. The van der Waals surface area contributed by atoms with E-state index in [4.69, 9.17) is 5.73 Å². The van der Waals surface area contributed by atoms with E-state index in [1.165, 1.54) is 56.9 Å². The van der Waals surface area contributed by atoms with Crippen molar-refractivity contribution < 1.29 is 0 Å². The fourth-order valence-corrected chi connectivity index (χ4v) is 9.55. The van der Waals surface area contributed by atoms with Crippen LogP contribution in [0, 0.1) is 75.9 Å². The van der Waals surface area contributed by atoms with Gasteiger partial charge in [-0.1, -0.05) is 162 Å². The van der Waals surface area contributed by atoms with Gasteiger partial charge in [-0.2, -0.15) is 0 Å². The molecule has 0 amide bonds. The van der Waals surface area contributed by atoms with Crippen LogP contribution in [-0.2, 0) is 0 Å². The summed E-state index contributed by atoms with van der Waals surface area (Å²) in [6.45, 7) is 48.2. The van der Waals surface area contributed by atoms with Crippen LogP contribution in [0.1, 0.15) is 176 Å². The van der Waals surface area contributed by atoms with Crippen LogP contribution in [0.25, 0.3) is 0 Å². The normalized spacial score (nSPS) is 27.3. The first-order chi connectivity index (χ1) is 19.8. The van der Waals surface area contributed by atoms with Crippen molar-refractivity contribution in [2.24, 2.45) is 81.7 Å². The van der Waals surface area contributed by atoms with Crippen LogP contribution < -0.4 is 5.73 Å². The molecule has 0 radical (unpaired) electrons. The van der Waals surface area contributed by atoms with E-state index in [0.29, 0.717) is 28.6 Å². The lowest BCUT2D eigenvalue weighted by atomic mass is 9.47. The van der Waals surface area contributed by atoms with Gasteiger partial charge in [0.2, 0.25) is 0 Å². The Labute approximate surface area is 275 Å². The maximum absolute atomic E-state index is 5.89. The second kappa shape index (κ2) is 21.5. The molecular formula is C42H87N. The highest BCUT2D eigenvalue weighted by atomic mass is 14.6. The molecular weight excluding hydrogens is 518 g/mol. The van der Waals surface area contributed by atoms with E-state index in [1.807, 2.05) is 0 Å². The topological polar surface area (TPSA) is 26.0 Å². The Hall–Kier alpha value is -0.300. The Bertz CT molecular complexity index is 704. The van der Waals surface area contributed by atoms with Crippen molar-refractivity contribution in [3.8, 4) is 0 Å². The molecule has 0 spiro atoms. The molecule has 1 aliphatic carbocycles. The van der Waals surface area contributed by atoms with E-state index < -0.39 is 0 Å². The van der Waals surface area contributed by atoms with Gasteiger partial charge < -0.3 is 5.73 Å². The molecule has 0 saturated heterocycles. The van der Waals surface area contributed by atoms with Crippen molar-refractivity contribution in [3.63, 3.8) is 0 Å². The molecule has 2 N–H and O–H groups in total. The maximum atomic E-state index is 5.89. The summed E-state index contributed by atoms with van der Waals surface area (Å²) in [5, 5.41) is 0. The molecule has 0 heterocycles. The van der Waals surface area contributed by atoms with Crippen molar-refractivity contribution in [1.29, 1.82) is 0 Å². The summed E-state index contributed by atoms with van der Waals surface area (Å²) in [5.74, 6) is 8.62. The third-order valence-corrected chi connectivity index (χ3v) is 12.9. The molecule has 10 unspecified atom stereocenters. The standard InChI is InChI=1S/C24H48.C13H27N.C5H12/c1-13-15-23(11,16-17(3)4)24(12,20(9)14-2)21(10)22(18(5)6)19(7)8;1-5-11-7-12(8-14)13(6-2)10(4)9(11)3;1-4-5(2)3/h17,19-22H,5,13-16H2,1-4,6-12H3;9-13H,5-8,14H2,1-4H3;5H,4H2,1-3H3. The van der Waals surface area contributed by atoms with E-state index in [9.17, 15) is 0 Å². The zero-order chi connectivity index (χ0) is 34.3. The first-order valence-corrected chi connectivity index (χ1v) is 19.2. The molecule has 1 aliphatic rings. The van der Waals surface area contributed by atoms with Gasteiger partial charge in [0.25, 0.3) is 0 Å². The Morgan fingerprint density at radius 1 is 0.791 bits per heavy atom. The molecule has 0 aromatic heterocycles. The highest BCUT2D eigenvalue weighted by Gasteiger charge is 2.52. The minimum absolute atomic E-state index is 0.329. The lowest BCUT2D eigenvalue weighted by molar-refractivity contribution is -0.0786. The summed E-state index contributed by atoms with van der Waals surface area (Å²) < 4.78 is 0. The molecule has 1 rings (SSSR count). The Morgan fingerprint density at radius 2 is 1.30 bits per heavy atom. The van der Waals surface area contributed by atoms with E-state index in [1.54, 1.807) is 0 Å². The van der Waals surface area contributed by atoms with Crippen LogP contribution in [0.3, 0.4) is 0 Å². The number of hydrogen-bond acceptors (Lipinski definition) is 1. The van der Waals surface area contributed by atoms with Crippen molar-refractivity contribution in [1.82, 2.24) is 0 Å². The molecule has 10 atom stereocenters. The average Bonchev–Trinajstić information content (AvgIpc) is 2.93. The highest BCUT2D eigenvalue weighted by molar-refractivity contribution is 5.08. The van der Waals surface area contributed by atoms with Crippen LogP contribution in [0.2, 0.25) is 0 Å². The Balaban J connectivity index is 0. The SMILES string of the molecule is C=C(C)C(C(C)C)C(C)C(C)(C(C)CC)C(C)(CCC)CC(C)C.CCC(C)C.CCC1CC(CN)C(CC)C(C)C1C. The van der Waals surface area contributed by atoms with E-state index >= 15 is 0 Å². The van der Waals surface area contributed by atoms with Gasteiger partial charge in [-0.25, -0.2) is 0 Å². The Kier molecular flexibility index (Phi) is 22.4. The first kappa shape index (κ1) is 44.8. The molecule has 0 aromatic carbocycles. The average molecular weight is 606 g/mol. The summed E-state index contributed by atoms with van der Waals surface area (Å²) in [6, 6.07) is 0. The van der Waals surface area contributed by atoms with Crippen LogP contribution in [0.15, 0.2) is 12.2 Å². The van der Waals surface area contributed by atoms with Crippen molar-refractivity contribution in [3.05, 3.63) is 12.2 Å². The predicted molar refractivity (Wildman–Crippen MR) is 201 cm³/mol. The minimum atomic E-state index is 0.329. The monoisotopic (exact) mass is 606 g/mol. The first-order valence-electron chi connectivity index (χ1n) is 19.2. The molecule has 1 fully saturated rings. The van der Waals surface area contributed by atoms with E-state index in [0.717, 1.165) is 53.9 Å². The number of rotatable bonds is 15. The molecule has 260 valence electrons. The molecule has 0 aromatic rings. The summed E-state index contributed by atoms with van der Waals surface area (Å²) in [7, 11) is 0. The van der Waals surface area contributed by atoms with Gasteiger partial charge in [0.1, 0.15) is 0 Å². The van der Waals surface area contributed by atoms with Crippen LogP contribution in [0.4, 0.5) is 0 Å². The third kappa shape index (κ3) is 12.8. The van der Waals surface area contributed by atoms with Crippen LogP contribution in [-0.4, -0.2) is 6.54 Å². The van der Waals surface area contributed by atoms with Gasteiger partial charge in [0, 0.05) is 0 Å². The number of nitrogens with two attached hydrogens (primary N) is 1. The van der Waals surface area contributed by atoms with Gasteiger partial charge in [-0.3, -0.25) is 0 Å². The fraction of sp³-hybridized carbons (Fsp3) is 0.952. The van der Waals surface area contributed by atoms with Crippen molar-refractivity contribution >= 4 is 0 Å². The summed E-state index contributed by atoms with van der Waals surface area (Å²) >= 11 is 0. The van der Waals surface area contributed by atoms with Crippen molar-refractivity contribution in [2.75, 3.05) is 6.54 Å². The van der Waals surface area contributed by atoms with E-state index in [2.05, 4.69) is 131 Å². The second-order valence-corrected chi connectivity index (χ2v) is 16.9. The zero-order valence-corrected chi connectivity index (χ0v) is 33.5. The summed E-state index contributed by atoms with van der Waals surface area (Å²) in [4.78, 5) is 0. The Morgan fingerprint density at radius 3 is 1.60 bits per heavy atom. The lowest BCUT2D eigenvalue weighted by Gasteiger charge is -2.57. The predicted octanol–water partition coefficient (Wildman–Crippen LogP) is 13.7. The van der Waals surface area contributed by atoms with Crippen LogP contribution >= 0.6 is 0 Å². The molecule has 1 heteroatoms.